The van der Waals surface area contributed by atoms with E-state index in [2.05, 4.69) is 19.2 Å². The molecule has 0 amide bonds. The maximum absolute atomic E-state index is 10.2. The van der Waals surface area contributed by atoms with Crippen LogP contribution in [0.2, 0.25) is 0 Å². The van der Waals surface area contributed by atoms with Gasteiger partial charge in [0.1, 0.15) is 0 Å². The van der Waals surface area contributed by atoms with Crippen LogP contribution in [-0.2, 0) is 9.53 Å². The molecule has 0 aliphatic carbocycles. The predicted octanol–water partition coefficient (Wildman–Crippen LogP) is 1.09. The normalized spacial score (nSPS) is 11.3. The van der Waals surface area contributed by atoms with Gasteiger partial charge in [-0.1, -0.05) is 6.58 Å². The van der Waals surface area contributed by atoms with Gasteiger partial charge < -0.3 is 9.84 Å². The molecular formula is C7H10O3S. The van der Waals surface area contributed by atoms with Gasteiger partial charge >= 0.3 is 5.97 Å². The van der Waals surface area contributed by atoms with E-state index in [4.69, 9.17) is 9.84 Å². The summed E-state index contributed by atoms with van der Waals surface area (Å²) in [7, 11) is 1.51. The van der Waals surface area contributed by atoms with Gasteiger partial charge in [-0.15, -0.1) is 12.6 Å². The van der Waals surface area contributed by atoms with Crippen molar-refractivity contribution in [1.82, 2.24) is 0 Å². The van der Waals surface area contributed by atoms with Crippen LogP contribution < -0.4 is 0 Å². The Morgan fingerprint density at radius 2 is 2.36 bits per heavy atom. The number of ether oxygens (including phenoxy) is 1. The van der Waals surface area contributed by atoms with E-state index >= 15 is 0 Å². The van der Waals surface area contributed by atoms with E-state index in [0.717, 1.165) is 0 Å². The molecule has 0 bridgehead atoms. The second kappa shape index (κ2) is 4.98. The molecule has 0 aromatic heterocycles. The van der Waals surface area contributed by atoms with Crippen molar-refractivity contribution in [2.75, 3.05) is 13.7 Å². The number of rotatable bonds is 4. The number of hydrogen-bond acceptors (Lipinski definition) is 3. The lowest BCUT2D eigenvalue weighted by molar-refractivity contribution is -0.132. The highest BCUT2D eigenvalue weighted by atomic mass is 32.1. The lowest BCUT2D eigenvalue weighted by Crippen LogP contribution is -1.97. The fourth-order valence-electron chi connectivity index (χ4n) is 0.452. The summed E-state index contributed by atoms with van der Waals surface area (Å²) in [6, 6.07) is 0. The molecule has 3 nitrogen and oxygen atoms in total. The van der Waals surface area contributed by atoms with Crippen LogP contribution in [0.4, 0.5) is 0 Å². The molecule has 4 heteroatoms. The lowest BCUT2D eigenvalue weighted by atomic mass is 10.3. The molecule has 0 aliphatic rings. The predicted molar refractivity (Wildman–Crippen MR) is 45.7 cm³/mol. The maximum atomic E-state index is 10.2. The lowest BCUT2D eigenvalue weighted by Gasteiger charge is -1.96. The monoisotopic (exact) mass is 174 g/mol. The van der Waals surface area contributed by atoms with E-state index in [1.807, 2.05) is 0 Å². The Morgan fingerprint density at radius 3 is 2.73 bits per heavy atom. The minimum atomic E-state index is -1.05. The first-order valence-electron chi connectivity index (χ1n) is 2.88. The largest absolute Gasteiger partial charge is 0.478 e. The van der Waals surface area contributed by atoms with Crippen LogP contribution in [0, 0.1) is 0 Å². The molecule has 0 atom stereocenters. The van der Waals surface area contributed by atoms with E-state index in [0.29, 0.717) is 11.5 Å². The van der Waals surface area contributed by atoms with Gasteiger partial charge in [0.2, 0.25) is 0 Å². The Bertz CT molecular complexity index is 196. The molecule has 0 saturated heterocycles. The number of thiol groups is 1. The van der Waals surface area contributed by atoms with Gasteiger partial charge in [0.15, 0.2) is 0 Å². The highest BCUT2D eigenvalue weighted by Crippen LogP contribution is 2.04. The third-order valence-electron chi connectivity index (χ3n) is 0.908. The molecule has 0 aromatic rings. The van der Waals surface area contributed by atoms with Crippen molar-refractivity contribution < 1.29 is 14.6 Å². The topological polar surface area (TPSA) is 46.5 Å². The van der Waals surface area contributed by atoms with E-state index in [9.17, 15) is 4.79 Å². The van der Waals surface area contributed by atoms with E-state index < -0.39 is 5.97 Å². The van der Waals surface area contributed by atoms with Gasteiger partial charge in [-0.25, -0.2) is 4.79 Å². The Kier molecular flexibility index (Phi) is 4.65. The Hall–Kier alpha value is -0.740. The van der Waals surface area contributed by atoms with E-state index in [1.165, 1.54) is 13.2 Å². The fraction of sp³-hybridized carbons (Fsp3) is 0.286. The molecule has 11 heavy (non-hydrogen) atoms. The summed E-state index contributed by atoms with van der Waals surface area (Å²) in [4.78, 5) is 10.8. The molecule has 0 spiro atoms. The van der Waals surface area contributed by atoms with Crippen molar-refractivity contribution >= 4 is 18.6 Å². The van der Waals surface area contributed by atoms with Gasteiger partial charge in [0, 0.05) is 12.0 Å². The third kappa shape index (κ3) is 4.64. The molecule has 0 rings (SSSR count). The van der Waals surface area contributed by atoms with Crippen molar-refractivity contribution in [1.29, 1.82) is 0 Å². The van der Waals surface area contributed by atoms with Gasteiger partial charge in [-0.3, -0.25) is 0 Å². The number of aliphatic carboxylic acids is 1. The summed E-state index contributed by atoms with van der Waals surface area (Å²) < 4.78 is 4.71. The number of carbonyl (C=O) groups is 1. The second-order valence-electron chi connectivity index (χ2n) is 1.90. The Balaban J connectivity index is 4.08. The van der Waals surface area contributed by atoms with Crippen LogP contribution in [0.3, 0.4) is 0 Å². The highest BCUT2D eigenvalue weighted by Gasteiger charge is 1.99. The molecular weight excluding hydrogens is 164 g/mol. The zero-order valence-electron chi connectivity index (χ0n) is 6.20. The SMILES string of the molecule is C=C(/C=C(\S)COC)C(=O)O. The maximum Gasteiger partial charge on any atom is 0.335 e. The standard InChI is InChI=1S/C7H10O3S/c1-5(7(8)9)3-6(11)4-10-2/h3,11H,1,4H2,2H3,(H,8,9)/b6-3-. The zero-order chi connectivity index (χ0) is 8.85. The average molecular weight is 174 g/mol. The molecule has 0 aromatic carbocycles. The van der Waals surface area contributed by atoms with Crippen LogP contribution in [0.15, 0.2) is 23.1 Å². The molecule has 0 fully saturated rings. The van der Waals surface area contributed by atoms with E-state index in [-0.39, 0.29) is 5.57 Å². The second-order valence-corrected chi connectivity index (χ2v) is 2.47. The summed E-state index contributed by atoms with van der Waals surface area (Å²) >= 11 is 3.96. The first-order chi connectivity index (χ1) is 5.07. The summed E-state index contributed by atoms with van der Waals surface area (Å²) in [6.45, 7) is 3.60. The minimum Gasteiger partial charge on any atom is -0.478 e. The molecule has 0 heterocycles. The zero-order valence-corrected chi connectivity index (χ0v) is 7.10. The van der Waals surface area contributed by atoms with Gasteiger partial charge in [-0.05, 0) is 6.08 Å². The first kappa shape index (κ1) is 10.3. The number of hydrogen-bond donors (Lipinski definition) is 2. The van der Waals surface area contributed by atoms with Crippen molar-refractivity contribution in [3.8, 4) is 0 Å². The minimum absolute atomic E-state index is 0.00653. The van der Waals surface area contributed by atoms with Crippen LogP contribution in [0.25, 0.3) is 0 Å². The van der Waals surface area contributed by atoms with Crippen molar-refractivity contribution in [3.63, 3.8) is 0 Å². The number of carboxylic acids is 1. The van der Waals surface area contributed by atoms with Crippen LogP contribution in [0.1, 0.15) is 0 Å². The van der Waals surface area contributed by atoms with Crippen molar-refractivity contribution in [3.05, 3.63) is 23.1 Å². The summed E-state index contributed by atoms with van der Waals surface area (Å²) in [6.07, 6.45) is 1.36. The van der Waals surface area contributed by atoms with Crippen LogP contribution in [0.5, 0.6) is 0 Å². The number of methoxy groups -OCH3 is 1. The smallest absolute Gasteiger partial charge is 0.335 e. The molecule has 0 radical (unpaired) electrons. The fourth-order valence-corrected chi connectivity index (χ4v) is 0.737. The average Bonchev–Trinajstić information content (AvgIpc) is 1.87. The van der Waals surface area contributed by atoms with Crippen molar-refractivity contribution in [2.24, 2.45) is 0 Å². The summed E-state index contributed by atoms with van der Waals surface area (Å²) in [5.74, 6) is -1.05. The summed E-state index contributed by atoms with van der Waals surface area (Å²) in [5.41, 5.74) is 0.00653. The third-order valence-corrected chi connectivity index (χ3v) is 1.17. The van der Waals surface area contributed by atoms with Gasteiger partial charge in [0.05, 0.1) is 12.2 Å². The molecule has 62 valence electrons. The molecule has 0 saturated carbocycles. The van der Waals surface area contributed by atoms with Crippen LogP contribution in [-0.4, -0.2) is 24.8 Å². The Morgan fingerprint density at radius 1 is 1.82 bits per heavy atom. The first-order valence-corrected chi connectivity index (χ1v) is 3.33. The van der Waals surface area contributed by atoms with Crippen LogP contribution >= 0.6 is 12.6 Å². The van der Waals surface area contributed by atoms with E-state index in [1.54, 1.807) is 0 Å². The molecule has 0 aliphatic heterocycles. The quantitative estimate of drug-likeness (QED) is 0.381. The van der Waals surface area contributed by atoms with Gasteiger partial charge in [0.25, 0.3) is 0 Å². The van der Waals surface area contributed by atoms with Gasteiger partial charge in [-0.2, -0.15) is 0 Å². The highest BCUT2D eigenvalue weighted by molar-refractivity contribution is 7.84. The molecule has 1 N–H and O–H groups in total. The molecule has 0 unspecified atom stereocenters. The summed E-state index contributed by atoms with van der Waals surface area (Å²) in [5, 5.41) is 8.38. The number of carboxylic acid groups (broad SMARTS) is 1. The Labute approximate surface area is 70.8 Å². The van der Waals surface area contributed by atoms with Crippen molar-refractivity contribution in [2.45, 2.75) is 0 Å².